The second-order valence-corrected chi connectivity index (χ2v) is 13.3. The molecule has 7 aromatic carbocycles. The lowest BCUT2D eigenvalue weighted by Gasteiger charge is -2.42. The van der Waals surface area contributed by atoms with Gasteiger partial charge >= 0.3 is 0 Å². The van der Waals surface area contributed by atoms with Gasteiger partial charge < -0.3 is 4.74 Å². The highest BCUT2D eigenvalue weighted by molar-refractivity contribution is 6.04. The van der Waals surface area contributed by atoms with Crippen LogP contribution in [-0.2, 0) is 5.41 Å². The molecule has 0 radical (unpaired) electrons. The quantitative estimate of drug-likeness (QED) is 0.172. The zero-order valence-electron chi connectivity index (χ0n) is 28.3. The number of ether oxygens (including phenoxy) is 1. The number of nitrogens with zero attached hydrogens (tertiary/aromatic N) is 2. The molecule has 0 aliphatic carbocycles. The summed E-state index contributed by atoms with van der Waals surface area (Å²) < 4.78 is 6.76. The maximum Gasteiger partial charge on any atom is 0.132 e. The van der Waals surface area contributed by atoms with Gasteiger partial charge in [-0.05, 0) is 52.6 Å². The van der Waals surface area contributed by atoms with Crippen molar-refractivity contribution in [3.63, 3.8) is 0 Å². The normalized spacial score (nSPS) is 12.9. The number of hydrogen-bond donors (Lipinski definition) is 0. The van der Waals surface area contributed by atoms with Gasteiger partial charge in [-0.2, -0.15) is 0 Å². The summed E-state index contributed by atoms with van der Waals surface area (Å²) in [6.45, 7) is 0. The van der Waals surface area contributed by atoms with E-state index >= 15 is 0 Å². The molecule has 0 unspecified atom stereocenters. The summed E-state index contributed by atoms with van der Waals surface area (Å²) in [6, 6.07) is 68.4. The van der Waals surface area contributed by atoms with E-state index in [1.807, 2.05) is 18.2 Å². The molecule has 1 aliphatic heterocycles. The summed E-state index contributed by atoms with van der Waals surface area (Å²) in [4.78, 5) is 10.4. The molecular formula is C49H32N2O. The van der Waals surface area contributed by atoms with E-state index in [-0.39, 0.29) is 0 Å². The lowest BCUT2D eigenvalue weighted by atomic mass is 9.62. The van der Waals surface area contributed by atoms with E-state index in [1.165, 1.54) is 11.1 Å². The van der Waals surface area contributed by atoms with Crippen LogP contribution in [-0.4, -0.2) is 9.97 Å². The number of aromatic nitrogens is 2. The van der Waals surface area contributed by atoms with Crippen LogP contribution in [0.3, 0.4) is 0 Å². The maximum absolute atomic E-state index is 6.76. The fraction of sp³-hybridized carbons (Fsp3) is 0.0204. The molecule has 2 aromatic heterocycles. The van der Waals surface area contributed by atoms with E-state index < -0.39 is 5.41 Å². The van der Waals surface area contributed by atoms with Gasteiger partial charge in [0, 0.05) is 33.0 Å². The molecule has 0 amide bonds. The highest BCUT2D eigenvalue weighted by Crippen LogP contribution is 2.57. The van der Waals surface area contributed by atoms with Crippen LogP contribution in [0.15, 0.2) is 194 Å². The third-order valence-electron chi connectivity index (χ3n) is 10.4. The molecule has 1 aliphatic rings. The standard InChI is InChI=1S/C49H32N2O/c1-4-14-33(15-5-1)42-30-28-34-26-27-35-29-31-43(51-48(35)47(34)50-42)37-17-12-16-36(32-37)40-22-13-25-45-46(40)49(38-18-6-2-7-19-38,39-20-8-3-9-21-39)41-23-10-11-24-44(41)52-45/h1-32H. The van der Waals surface area contributed by atoms with Gasteiger partial charge in [-0.15, -0.1) is 0 Å². The van der Waals surface area contributed by atoms with E-state index in [0.717, 1.165) is 78.1 Å². The summed E-state index contributed by atoms with van der Waals surface area (Å²) in [7, 11) is 0. The number of rotatable bonds is 5. The van der Waals surface area contributed by atoms with E-state index in [1.54, 1.807) is 0 Å². The lowest BCUT2D eigenvalue weighted by molar-refractivity contribution is 0.435. The van der Waals surface area contributed by atoms with Crippen molar-refractivity contribution in [2.45, 2.75) is 5.41 Å². The molecule has 0 saturated carbocycles. The second-order valence-electron chi connectivity index (χ2n) is 13.3. The first-order valence-electron chi connectivity index (χ1n) is 17.7. The molecule has 3 heterocycles. The Labute approximate surface area is 302 Å². The molecule has 0 spiro atoms. The van der Waals surface area contributed by atoms with Crippen molar-refractivity contribution >= 4 is 21.8 Å². The van der Waals surface area contributed by atoms with Gasteiger partial charge in [-0.25, -0.2) is 9.97 Å². The fourth-order valence-corrected chi connectivity index (χ4v) is 8.05. The van der Waals surface area contributed by atoms with Crippen molar-refractivity contribution in [3.05, 3.63) is 216 Å². The average molecular weight is 665 g/mol. The van der Waals surface area contributed by atoms with Crippen LogP contribution in [0.25, 0.3) is 55.4 Å². The van der Waals surface area contributed by atoms with Crippen LogP contribution in [0, 0.1) is 0 Å². The van der Waals surface area contributed by atoms with Gasteiger partial charge in [-0.3, -0.25) is 0 Å². The van der Waals surface area contributed by atoms with Gasteiger partial charge in [0.15, 0.2) is 0 Å². The van der Waals surface area contributed by atoms with Crippen molar-refractivity contribution in [2.24, 2.45) is 0 Å². The highest BCUT2D eigenvalue weighted by atomic mass is 16.5. The minimum Gasteiger partial charge on any atom is -0.457 e. The van der Waals surface area contributed by atoms with E-state index in [2.05, 4.69) is 176 Å². The summed E-state index contributed by atoms with van der Waals surface area (Å²) in [6.07, 6.45) is 0. The van der Waals surface area contributed by atoms with Crippen LogP contribution in [0.2, 0.25) is 0 Å². The van der Waals surface area contributed by atoms with Gasteiger partial charge in [0.25, 0.3) is 0 Å². The molecule has 244 valence electrons. The number of hydrogen-bond acceptors (Lipinski definition) is 3. The molecule has 3 nitrogen and oxygen atoms in total. The van der Waals surface area contributed by atoms with Gasteiger partial charge in [0.05, 0.1) is 27.8 Å². The van der Waals surface area contributed by atoms with Crippen LogP contribution in [0.5, 0.6) is 11.5 Å². The molecule has 0 atom stereocenters. The van der Waals surface area contributed by atoms with Gasteiger partial charge in [-0.1, -0.05) is 164 Å². The molecular weight excluding hydrogens is 633 g/mol. The molecule has 52 heavy (non-hydrogen) atoms. The summed E-state index contributed by atoms with van der Waals surface area (Å²) >= 11 is 0. The topological polar surface area (TPSA) is 35.0 Å². The van der Waals surface area contributed by atoms with Crippen molar-refractivity contribution in [2.75, 3.05) is 0 Å². The van der Waals surface area contributed by atoms with Crippen LogP contribution in [0.1, 0.15) is 22.3 Å². The van der Waals surface area contributed by atoms with Crippen LogP contribution < -0.4 is 4.74 Å². The molecule has 0 saturated heterocycles. The number of fused-ring (bicyclic) bond motifs is 5. The Morgan fingerprint density at radius 1 is 0.385 bits per heavy atom. The van der Waals surface area contributed by atoms with E-state index in [0.29, 0.717) is 0 Å². The monoisotopic (exact) mass is 664 g/mol. The van der Waals surface area contributed by atoms with Crippen LogP contribution >= 0.6 is 0 Å². The number of benzene rings is 7. The molecule has 9 aromatic rings. The predicted octanol–water partition coefficient (Wildman–Crippen LogP) is 12.3. The first-order chi connectivity index (χ1) is 25.8. The predicted molar refractivity (Wildman–Crippen MR) is 212 cm³/mol. The molecule has 0 fully saturated rings. The summed E-state index contributed by atoms with van der Waals surface area (Å²) in [5.74, 6) is 1.72. The average Bonchev–Trinajstić information content (AvgIpc) is 3.23. The Kier molecular flexibility index (Phi) is 7.04. The number of pyridine rings is 2. The van der Waals surface area contributed by atoms with Gasteiger partial charge in [0.1, 0.15) is 11.5 Å². The molecule has 0 bridgehead atoms. The second kappa shape index (κ2) is 12.2. The zero-order chi connectivity index (χ0) is 34.5. The lowest BCUT2D eigenvalue weighted by Crippen LogP contribution is -2.34. The van der Waals surface area contributed by atoms with E-state index in [4.69, 9.17) is 14.7 Å². The minimum absolute atomic E-state index is 0.623. The Bertz CT molecular complexity index is 2720. The SMILES string of the molecule is c1ccc(-c2ccc3ccc4ccc(-c5cccc(-c6cccc7c6C(c6ccccc6)(c6ccccc6)c6ccccc6O7)c5)nc4c3n2)cc1. The third-order valence-corrected chi connectivity index (χ3v) is 10.4. The molecule has 0 N–H and O–H groups in total. The zero-order valence-corrected chi connectivity index (χ0v) is 28.3. The molecule has 10 rings (SSSR count). The van der Waals surface area contributed by atoms with Gasteiger partial charge in [0.2, 0.25) is 0 Å². The Morgan fingerprint density at radius 2 is 0.885 bits per heavy atom. The summed E-state index contributed by atoms with van der Waals surface area (Å²) in [5.41, 5.74) is 12.0. The third kappa shape index (κ3) is 4.74. The first-order valence-corrected chi connectivity index (χ1v) is 17.7. The van der Waals surface area contributed by atoms with Crippen molar-refractivity contribution in [1.29, 1.82) is 0 Å². The first kappa shape index (κ1) is 30.0. The van der Waals surface area contributed by atoms with Crippen molar-refractivity contribution in [1.82, 2.24) is 9.97 Å². The number of para-hydroxylation sites is 1. The fourth-order valence-electron chi connectivity index (χ4n) is 8.05. The molecule has 3 heteroatoms. The Balaban J connectivity index is 1.18. The van der Waals surface area contributed by atoms with Crippen molar-refractivity contribution in [3.8, 4) is 45.1 Å². The Morgan fingerprint density at radius 3 is 1.56 bits per heavy atom. The largest absolute Gasteiger partial charge is 0.457 e. The Hall–Kier alpha value is -6.84. The van der Waals surface area contributed by atoms with Crippen LogP contribution in [0.4, 0.5) is 0 Å². The summed E-state index contributed by atoms with van der Waals surface area (Å²) in [5, 5.41) is 2.13. The van der Waals surface area contributed by atoms with Crippen molar-refractivity contribution < 1.29 is 4.74 Å². The van der Waals surface area contributed by atoms with E-state index in [9.17, 15) is 0 Å². The smallest absolute Gasteiger partial charge is 0.132 e. The maximum atomic E-state index is 6.76. The highest BCUT2D eigenvalue weighted by Gasteiger charge is 2.46. The minimum atomic E-state index is -0.623.